The Bertz CT molecular complexity index is 507. The fourth-order valence-corrected chi connectivity index (χ4v) is 2.34. The van der Waals surface area contributed by atoms with Crippen molar-refractivity contribution in [1.29, 1.82) is 0 Å². The van der Waals surface area contributed by atoms with Crippen LogP contribution in [0.25, 0.3) is 0 Å². The number of carbonyl (C=O) groups is 1. The largest absolute Gasteiger partial charge is 0.486 e. The zero-order chi connectivity index (χ0) is 15.5. The maximum absolute atomic E-state index is 12.5. The quantitative estimate of drug-likeness (QED) is 0.891. The van der Waals surface area contributed by atoms with Crippen molar-refractivity contribution in [2.75, 3.05) is 19.8 Å². The summed E-state index contributed by atoms with van der Waals surface area (Å²) in [6.45, 7) is 7.08. The van der Waals surface area contributed by atoms with Crippen LogP contribution in [0.3, 0.4) is 0 Å². The fraction of sp³-hybridized carbons (Fsp3) is 0.562. The van der Waals surface area contributed by atoms with Crippen molar-refractivity contribution in [3.05, 3.63) is 23.8 Å². The van der Waals surface area contributed by atoms with E-state index in [-0.39, 0.29) is 24.0 Å². The molecule has 1 atom stereocenters. The molecule has 5 heteroatoms. The number of nitrogens with one attached hydrogen (secondary N) is 1. The maximum Gasteiger partial charge on any atom is 0.255 e. The number of hydrogen-bond acceptors (Lipinski definition) is 4. The van der Waals surface area contributed by atoms with Gasteiger partial charge < -0.3 is 19.9 Å². The van der Waals surface area contributed by atoms with E-state index < -0.39 is 0 Å². The highest BCUT2D eigenvalue weighted by Gasteiger charge is 2.28. The van der Waals surface area contributed by atoms with E-state index in [9.17, 15) is 9.90 Å². The van der Waals surface area contributed by atoms with E-state index in [1.54, 1.807) is 18.2 Å². The summed E-state index contributed by atoms with van der Waals surface area (Å²) in [5, 5.41) is 12.2. The van der Waals surface area contributed by atoms with Crippen LogP contribution >= 0.6 is 0 Å². The lowest BCUT2D eigenvalue weighted by Crippen LogP contribution is -2.44. The van der Waals surface area contributed by atoms with Crippen LogP contribution in [0.5, 0.6) is 11.5 Å². The molecule has 2 rings (SSSR count). The molecule has 2 N–H and O–H groups in total. The smallest absolute Gasteiger partial charge is 0.255 e. The number of rotatable bonds is 4. The summed E-state index contributed by atoms with van der Waals surface area (Å²) in [5.74, 6) is 0.895. The van der Waals surface area contributed by atoms with Crippen LogP contribution in [-0.4, -0.2) is 36.9 Å². The van der Waals surface area contributed by atoms with Gasteiger partial charge in [-0.2, -0.15) is 0 Å². The first kappa shape index (κ1) is 15.6. The van der Waals surface area contributed by atoms with Crippen molar-refractivity contribution >= 4 is 5.91 Å². The fourth-order valence-electron chi connectivity index (χ4n) is 2.34. The molecule has 0 aromatic heterocycles. The predicted molar refractivity (Wildman–Crippen MR) is 79.8 cm³/mol. The molecule has 1 amide bonds. The molecule has 5 nitrogen and oxygen atoms in total. The number of hydrogen-bond donors (Lipinski definition) is 2. The average Bonchev–Trinajstić information content (AvgIpc) is 2.45. The van der Waals surface area contributed by atoms with Crippen LogP contribution < -0.4 is 14.8 Å². The van der Waals surface area contributed by atoms with Gasteiger partial charge in [0.25, 0.3) is 5.91 Å². The normalized spacial score (nSPS) is 15.4. The Labute approximate surface area is 125 Å². The Morgan fingerprint density at radius 2 is 2.05 bits per heavy atom. The second kappa shape index (κ2) is 6.35. The first-order chi connectivity index (χ1) is 9.93. The van der Waals surface area contributed by atoms with Gasteiger partial charge in [0.05, 0.1) is 5.56 Å². The Kier molecular flexibility index (Phi) is 4.73. The van der Waals surface area contributed by atoms with E-state index >= 15 is 0 Å². The first-order valence-electron chi connectivity index (χ1n) is 7.24. The summed E-state index contributed by atoms with van der Waals surface area (Å²) >= 11 is 0. The molecule has 1 heterocycles. The summed E-state index contributed by atoms with van der Waals surface area (Å²) in [5.41, 5.74) is 0.337. The molecule has 0 saturated carbocycles. The molecule has 0 saturated heterocycles. The molecule has 21 heavy (non-hydrogen) atoms. The van der Waals surface area contributed by atoms with Crippen molar-refractivity contribution in [2.24, 2.45) is 5.41 Å². The number of aliphatic hydroxyl groups excluding tert-OH is 1. The highest BCUT2D eigenvalue weighted by Crippen LogP contribution is 2.34. The Morgan fingerprint density at radius 3 is 2.71 bits per heavy atom. The maximum atomic E-state index is 12.5. The van der Waals surface area contributed by atoms with E-state index in [0.29, 0.717) is 36.7 Å². The minimum atomic E-state index is -0.203. The molecule has 0 radical (unpaired) electrons. The molecule has 0 aliphatic carbocycles. The number of benzene rings is 1. The SMILES string of the molecule is CC(C)(C)C(CCO)NC(=O)c1cccc2c1OCCO2. The Hall–Kier alpha value is -1.75. The van der Waals surface area contributed by atoms with Crippen LogP contribution in [-0.2, 0) is 0 Å². The lowest BCUT2D eigenvalue weighted by atomic mass is 9.84. The van der Waals surface area contributed by atoms with Gasteiger partial charge in [-0.25, -0.2) is 0 Å². The number of aliphatic hydroxyl groups is 1. The third kappa shape index (κ3) is 3.67. The summed E-state index contributed by atoms with van der Waals surface area (Å²) in [4.78, 5) is 12.5. The van der Waals surface area contributed by atoms with Gasteiger partial charge in [-0.1, -0.05) is 26.8 Å². The molecule has 1 aromatic rings. The lowest BCUT2D eigenvalue weighted by molar-refractivity contribution is 0.0874. The second-order valence-electron chi connectivity index (χ2n) is 6.23. The summed E-state index contributed by atoms with van der Waals surface area (Å²) < 4.78 is 11.1. The van der Waals surface area contributed by atoms with Gasteiger partial charge in [-0.15, -0.1) is 0 Å². The predicted octanol–water partition coefficient (Wildman–Crippen LogP) is 1.98. The van der Waals surface area contributed by atoms with Gasteiger partial charge in [-0.3, -0.25) is 4.79 Å². The summed E-state index contributed by atoms with van der Waals surface area (Å²) in [6, 6.07) is 5.18. The van der Waals surface area contributed by atoms with E-state index in [4.69, 9.17) is 9.47 Å². The molecule has 0 bridgehead atoms. The Morgan fingerprint density at radius 1 is 1.33 bits per heavy atom. The third-order valence-corrected chi connectivity index (χ3v) is 3.58. The Balaban J connectivity index is 2.20. The van der Waals surface area contributed by atoms with E-state index in [2.05, 4.69) is 5.32 Å². The highest BCUT2D eigenvalue weighted by molar-refractivity contribution is 5.98. The van der Waals surface area contributed by atoms with Gasteiger partial charge in [0, 0.05) is 12.6 Å². The summed E-state index contributed by atoms with van der Waals surface area (Å²) in [7, 11) is 0. The molecule has 0 fully saturated rings. The van der Waals surface area contributed by atoms with Crippen LogP contribution in [0, 0.1) is 5.41 Å². The number of ether oxygens (including phenoxy) is 2. The van der Waals surface area contributed by atoms with Crippen LogP contribution in [0.15, 0.2) is 18.2 Å². The molecular weight excluding hydrogens is 270 g/mol. The third-order valence-electron chi connectivity index (χ3n) is 3.58. The van der Waals surface area contributed by atoms with Crippen molar-refractivity contribution in [2.45, 2.75) is 33.2 Å². The molecule has 1 unspecified atom stereocenters. The van der Waals surface area contributed by atoms with Crippen LogP contribution in [0.2, 0.25) is 0 Å². The molecule has 116 valence electrons. The van der Waals surface area contributed by atoms with Crippen molar-refractivity contribution in [3.63, 3.8) is 0 Å². The lowest BCUT2D eigenvalue weighted by Gasteiger charge is -2.31. The molecule has 1 aliphatic heterocycles. The second-order valence-corrected chi connectivity index (χ2v) is 6.23. The van der Waals surface area contributed by atoms with Crippen molar-refractivity contribution < 1.29 is 19.4 Å². The van der Waals surface area contributed by atoms with Gasteiger partial charge in [0.2, 0.25) is 0 Å². The molecule has 0 spiro atoms. The zero-order valence-corrected chi connectivity index (χ0v) is 12.8. The first-order valence-corrected chi connectivity index (χ1v) is 7.24. The zero-order valence-electron chi connectivity index (χ0n) is 12.8. The highest BCUT2D eigenvalue weighted by atomic mass is 16.6. The topological polar surface area (TPSA) is 67.8 Å². The van der Waals surface area contributed by atoms with E-state index in [1.165, 1.54) is 0 Å². The van der Waals surface area contributed by atoms with Crippen molar-refractivity contribution in [3.8, 4) is 11.5 Å². The van der Waals surface area contributed by atoms with Gasteiger partial charge in [0.1, 0.15) is 13.2 Å². The van der Waals surface area contributed by atoms with Gasteiger partial charge in [0.15, 0.2) is 11.5 Å². The number of amides is 1. The van der Waals surface area contributed by atoms with Crippen LogP contribution in [0.4, 0.5) is 0 Å². The summed E-state index contributed by atoms with van der Waals surface area (Å²) in [6.07, 6.45) is 0.515. The minimum absolute atomic E-state index is 0.0364. The van der Waals surface area contributed by atoms with Gasteiger partial charge in [-0.05, 0) is 24.0 Å². The molecule has 1 aromatic carbocycles. The molecule has 1 aliphatic rings. The molecular formula is C16H23NO4. The van der Waals surface area contributed by atoms with E-state index in [1.807, 2.05) is 20.8 Å². The monoisotopic (exact) mass is 293 g/mol. The van der Waals surface area contributed by atoms with Crippen LogP contribution in [0.1, 0.15) is 37.6 Å². The van der Waals surface area contributed by atoms with Gasteiger partial charge >= 0.3 is 0 Å². The van der Waals surface area contributed by atoms with E-state index in [0.717, 1.165) is 0 Å². The number of carbonyl (C=O) groups excluding carboxylic acids is 1. The van der Waals surface area contributed by atoms with Crippen molar-refractivity contribution in [1.82, 2.24) is 5.32 Å². The number of para-hydroxylation sites is 1. The standard InChI is InChI=1S/C16H23NO4/c1-16(2,3)13(7-8-18)17-15(19)11-5-4-6-12-14(11)21-10-9-20-12/h4-6,13,18H,7-10H2,1-3H3,(H,17,19). The average molecular weight is 293 g/mol. The minimum Gasteiger partial charge on any atom is -0.486 e. The number of fused-ring (bicyclic) bond motifs is 1.